The number of aryl methyl sites for hydroxylation is 1. The first-order valence-corrected chi connectivity index (χ1v) is 4.97. The molecule has 82 valence electrons. The number of hydrogen-bond acceptors (Lipinski definition) is 4. The summed E-state index contributed by atoms with van der Waals surface area (Å²) in [5, 5.41) is 16.5. The summed E-state index contributed by atoms with van der Waals surface area (Å²) in [6.45, 7) is 1.46. The average Bonchev–Trinajstić information content (AvgIpc) is 2.84. The highest BCUT2D eigenvalue weighted by atomic mass is 16.3. The summed E-state index contributed by atoms with van der Waals surface area (Å²) in [6.07, 6.45) is 2.47. The third kappa shape index (κ3) is 1.99. The molecule has 0 bridgehead atoms. The number of aliphatic hydroxyl groups is 1. The van der Waals surface area contributed by atoms with E-state index in [9.17, 15) is 4.79 Å². The van der Waals surface area contributed by atoms with Crippen LogP contribution < -0.4 is 0 Å². The van der Waals surface area contributed by atoms with Gasteiger partial charge in [0.05, 0.1) is 6.20 Å². The lowest BCUT2D eigenvalue weighted by atomic mass is 10.1. The fraction of sp³-hybridized carbons (Fsp3) is 0.667. The molecule has 0 radical (unpaired) electrons. The van der Waals surface area contributed by atoms with Crippen LogP contribution in [-0.4, -0.2) is 50.6 Å². The van der Waals surface area contributed by atoms with E-state index in [4.69, 9.17) is 5.11 Å². The number of nitrogens with zero attached hydrogens (tertiary/aromatic N) is 4. The SMILES string of the molecule is Cn1cc(C(=O)N2CC[C@H](CO)C2)nn1. The maximum Gasteiger partial charge on any atom is 0.276 e. The third-order valence-corrected chi connectivity index (χ3v) is 2.65. The van der Waals surface area contributed by atoms with E-state index in [1.54, 1.807) is 18.1 Å². The van der Waals surface area contributed by atoms with E-state index < -0.39 is 0 Å². The molecule has 0 saturated carbocycles. The minimum Gasteiger partial charge on any atom is -0.396 e. The van der Waals surface area contributed by atoms with Gasteiger partial charge in [-0.2, -0.15) is 0 Å². The van der Waals surface area contributed by atoms with Crippen molar-refractivity contribution in [1.82, 2.24) is 19.9 Å². The quantitative estimate of drug-likeness (QED) is 0.698. The van der Waals surface area contributed by atoms with Gasteiger partial charge in [-0.1, -0.05) is 5.21 Å². The fourth-order valence-corrected chi connectivity index (χ4v) is 1.77. The maximum atomic E-state index is 11.9. The zero-order valence-corrected chi connectivity index (χ0v) is 8.63. The normalized spacial score (nSPS) is 20.9. The van der Waals surface area contributed by atoms with Crippen LogP contribution in [0.3, 0.4) is 0 Å². The Morgan fingerprint density at radius 3 is 3.07 bits per heavy atom. The number of aromatic nitrogens is 3. The Bertz CT molecular complexity index is 363. The molecule has 1 saturated heterocycles. The van der Waals surface area contributed by atoms with Crippen LogP contribution in [0.4, 0.5) is 0 Å². The zero-order valence-electron chi connectivity index (χ0n) is 8.63. The van der Waals surface area contributed by atoms with Gasteiger partial charge >= 0.3 is 0 Å². The lowest BCUT2D eigenvalue weighted by molar-refractivity contribution is 0.0776. The van der Waals surface area contributed by atoms with E-state index >= 15 is 0 Å². The Kier molecular flexibility index (Phi) is 2.68. The molecule has 1 amide bonds. The minimum atomic E-state index is -0.0981. The molecule has 6 heteroatoms. The summed E-state index contributed by atoms with van der Waals surface area (Å²) in [5.74, 6) is 0.115. The van der Waals surface area contributed by atoms with Crippen LogP contribution in [0.25, 0.3) is 0 Å². The van der Waals surface area contributed by atoms with Crippen LogP contribution in [0.1, 0.15) is 16.9 Å². The Balaban J connectivity index is 2.03. The second-order valence-electron chi connectivity index (χ2n) is 3.87. The van der Waals surface area contributed by atoms with Crippen molar-refractivity contribution in [3.05, 3.63) is 11.9 Å². The van der Waals surface area contributed by atoms with Gasteiger partial charge in [0.1, 0.15) is 0 Å². The molecule has 0 spiro atoms. The van der Waals surface area contributed by atoms with Crippen molar-refractivity contribution in [1.29, 1.82) is 0 Å². The molecule has 0 aromatic carbocycles. The molecular formula is C9H14N4O2. The van der Waals surface area contributed by atoms with Gasteiger partial charge in [-0.05, 0) is 6.42 Å². The molecule has 1 aliphatic rings. The highest BCUT2D eigenvalue weighted by molar-refractivity contribution is 5.92. The van der Waals surface area contributed by atoms with E-state index in [0.717, 1.165) is 6.42 Å². The van der Waals surface area contributed by atoms with Crippen molar-refractivity contribution in [3.8, 4) is 0 Å². The first-order chi connectivity index (χ1) is 7.20. The summed E-state index contributed by atoms with van der Waals surface area (Å²) in [7, 11) is 1.73. The molecule has 1 fully saturated rings. The molecule has 1 aromatic rings. The molecule has 0 unspecified atom stereocenters. The standard InChI is InChI=1S/C9H14N4O2/c1-12-5-8(10-11-12)9(15)13-3-2-7(4-13)6-14/h5,7,14H,2-4,6H2,1H3/t7-/m0/s1. The van der Waals surface area contributed by atoms with Gasteiger partial charge in [0.2, 0.25) is 0 Å². The summed E-state index contributed by atoms with van der Waals surface area (Å²) >= 11 is 0. The van der Waals surface area contributed by atoms with Crippen LogP contribution >= 0.6 is 0 Å². The number of aliphatic hydroxyl groups excluding tert-OH is 1. The third-order valence-electron chi connectivity index (χ3n) is 2.65. The molecule has 1 aromatic heterocycles. The molecular weight excluding hydrogens is 196 g/mol. The monoisotopic (exact) mass is 210 g/mol. The molecule has 1 atom stereocenters. The van der Waals surface area contributed by atoms with Crippen molar-refractivity contribution in [2.24, 2.45) is 13.0 Å². The van der Waals surface area contributed by atoms with Gasteiger partial charge < -0.3 is 10.0 Å². The average molecular weight is 210 g/mol. The van der Waals surface area contributed by atoms with Gasteiger partial charge in [0.15, 0.2) is 5.69 Å². The van der Waals surface area contributed by atoms with Gasteiger partial charge in [-0.3, -0.25) is 9.48 Å². The maximum absolute atomic E-state index is 11.9. The minimum absolute atomic E-state index is 0.0981. The number of likely N-dealkylation sites (tertiary alicyclic amines) is 1. The molecule has 2 heterocycles. The van der Waals surface area contributed by atoms with Gasteiger partial charge in [-0.15, -0.1) is 5.10 Å². The van der Waals surface area contributed by atoms with E-state index in [1.165, 1.54) is 4.68 Å². The zero-order chi connectivity index (χ0) is 10.8. The summed E-state index contributed by atoms with van der Waals surface area (Å²) in [4.78, 5) is 13.6. The van der Waals surface area contributed by atoms with Gasteiger partial charge in [0, 0.05) is 32.7 Å². The Morgan fingerprint density at radius 2 is 2.53 bits per heavy atom. The second-order valence-corrected chi connectivity index (χ2v) is 3.87. The lowest BCUT2D eigenvalue weighted by Crippen LogP contribution is -2.29. The first-order valence-electron chi connectivity index (χ1n) is 4.97. The van der Waals surface area contributed by atoms with Gasteiger partial charge in [0.25, 0.3) is 5.91 Å². The van der Waals surface area contributed by atoms with Gasteiger partial charge in [-0.25, -0.2) is 0 Å². The lowest BCUT2D eigenvalue weighted by Gasteiger charge is -2.13. The highest BCUT2D eigenvalue weighted by Crippen LogP contribution is 2.17. The largest absolute Gasteiger partial charge is 0.396 e. The topological polar surface area (TPSA) is 71.2 Å². The Labute approximate surface area is 87.5 Å². The summed E-state index contributed by atoms with van der Waals surface area (Å²) < 4.78 is 1.51. The number of carbonyl (C=O) groups excluding carboxylic acids is 1. The van der Waals surface area contributed by atoms with Crippen molar-refractivity contribution < 1.29 is 9.90 Å². The summed E-state index contributed by atoms with van der Waals surface area (Å²) in [5.41, 5.74) is 0.371. The molecule has 1 aliphatic heterocycles. The van der Waals surface area contributed by atoms with Crippen molar-refractivity contribution >= 4 is 5.91 Å². The molecule has 1 N–H and O–H groups in total. The molecule has 2 rings (SSSR count). The number of rotatable bonds is 2. The van der Waals surface area contributed by atoms with Crippen LogP contribution in [-0.2, 0) is 7.05 Å². The molecule has 15 heavy (non-hydrogen) atoms. The predicted octanol–water partition coefficient (Wildman–Crippen LogP) is -0.731. The highest BCUT2D eigenvalue weighted by Gasteiger charge is 2.27. The van der Waals surface area contributed by atoms with E-state index in [0.29, 0.717) is 18.8 Å². The summed E-state index contributed by atoms with van der Waals surface area (Å²) in [6, 6.07) is 0. The predicted molar refractivity (Wildman–Crippen MR) is 52.1 cm³/mol. The van der Waals surface area contributed by atoms with Crippen LogP contribution in [0.2, 0.25) is 0 Å². The van der Waals surface area contributed by atoms with Crippen LogP contribution in [0.5, 0.6) is 0 Å². The van der Waals surface area contributed by atoms with E-state index in [-0.39, 0.29) is 18.4 Å². The number of amides is 1. The number of hydrogen-bond donors (Lipinski definition) is 1. The van der Waals surface area contributed by atoms with Crippen molar-refractivity contribution in [3.63, 3.8) is 0 Å². The van der Waals surface area contributed by atoms with Crippen LogP contribution in [0, 0.1) is 5.92 Å². The Hall–Kier alpha value is -1.43. The van der Waals surface area contributed by atoms with E-state index in [1.807, 2.05) is 0 Å². The van der Waals surface area contributed by atoms with Crippen molar-refractivity contribution in [2.45, 2.75) is 6.42 Å². The first kappa shape index (κ1) is 10.1. The van der Waals surface area contributed by atoms with E-state index in [2.05, 4.69) is 10.3 Å². The second kappa shape index (κ2) is 3.98. The fourth-order valence-electron chi connectivity index (χ4n) is 1.77. The van der Waals surface area contributed by atoms with Crippen LogP contribution in [0.15, 0.2) is 6.20 Å². The molecule has 0 aliphatic carbocycles. The number of carbonyl (C=O) groups is 1. The molecule has 6 nitrogen and oxygen atoms in total. The Morgan fingerprint density at radius 1 is 1.73 bits per heavy atom. The smallest absolute Gasteiger partial charge is 0.276 e. The van der Waals surface area contributed by atoms with Crippen molar-refractivity contribution in [2.75, 3.05) is 19.7 Å².